The number of fused-ring (bicyclic) bond motifs is 1. The molecule has 8 heteroatoms. The molecule has 4 aromatic rings. The van der Waals surface area contributed by atoms with Crippen molar-refractivity contribution in [1.82, 2.24) is 19.7 Å². The quantitative estimate of drug-likeness (QED) is 0.513. The van der Waals surface area contributed by atoms with Crippen molar-refractivity contribution in [2.75, 3.05) is 12.4 Å². The number of hydrogen-bond donors (Lipinski definition) is 2. The van der Waals surface area contributed by atoms with Crippen LogP contribution in [0.1, 0.15) is 24.2 Å². The smallest absolute Gasteiger partial charge is 0.275 e. The van der Waals surface area contributed by atoms with Gasteiger partial charge in [-0.15, -0.1) is 0 Å². The maximum Gasteiger partial charge on any atom is 0.275 e. The van der Waals surface area contributed by atoms with Gasteiger partial charge in [0, 0.05) is 23.6 Å². The van der Waals surface area contributed by atoms with Gasteiger partial charge in [-0.25, -0.2) is 9.67 Å². The number of hydrogen-bond acceptors (Lipinski definition) is 6. The number of H-pyrrole nitrogens is 1. The number of nitrogens with zero attached hydrogens (tertiary/aromatic N) is 3. The molecule has 2 aromatic heterocycles. The predicted octanol–water partition coefficient (Wildman–Crippen LogP) is 2.71. The van der Waals surface area contributed by atoms with E-state index in [2.05, 4.69) is 20.4 Å². The number of benzene rings is 2. The van der Waals surface area contributed by atoms with Gasteiger partial charge in [0.2, 0.25) is 5.95 Å². The van der Waals surface area contributed by atoms with Crippen LogP contribution in [0.4, 0.5) is 5.95 Å². The Balaban J connectivity index is 1.64. The first-order chi connectivity index (χ1) is 14.6. The molecule has 0 amide bonds. The van der Waals surface area contributed by atoms with E-state index in [-0.39, 0.29) is 11.1 Å². The summed E-state index contributed by atoms with van der Waals surface area (Å²) in [5.74, 6) is 1.05. The molecule has 8 nitrogen and oxygen atoms in total. The minimum absolute atomic E-state index is 0.230. The molecule has 0 aliphatic carbocycles. The highest BCUT2D eigenvalue weighted by atomic mass is 16.5. The summed E-state index contributed by atoms with van der Waals surface area (Å²) in [7, 11) is 1.61. The summed E-state index contributed by atoms with van der Waals surface area (Å²) < 4.78 is 6.69. The molecule has 1 atom stereocenters. The molecule has 0 bridgehead atoms. The topological polar surface area (TPSA) is 102 Å². The molecular formula is C22H21N5O3. The molecule has 0 spiro atoms. The second-order valence-electron chi connectivity index (χ2n) is 6.84. The summed E-state index contributed by atoms with van der Waals surface area (Å²) in [6, 6.07) is 15.7. The van der Waals surface area contributed by atoms with Gasteiger partial charge in [-0.2, -0.15) is 5.10 Å². The fourth-order valence-corrected chi connectivity index (χ4v) is 3.31. The van der Waals surface area contributed by atoms with Crippen molar-refractivity contribution in [3.63, 3.8) is 0 Å². The number of nitrogens with one attached hydrogen (secondary N) is 2. The van der Waals surface area contributed by atoms with E-state index in [1.54, 1.807) is 26.3 Å². The maximum atomic E-state index is 12.9. The van der Waals surface area contributed by atoms with E-state index in [0.29, 0.717) is 23.6 Å². The van der Waals surface area contributed by atoms with Crippen LogP contribution in [0.15, 0.2) is 70.4 Å². The fourth-order valence-electron chi connectivity index (χ4n) is 3.31. The Morgan fingerprint density at radius 2 is 1.90 bits per heavy atom. The molecule has 0 saturated carbocycles. The van der Waals surface area contributed by atoms with Gasteiger partial charge < -0.3 is 10.1 Å². The summed E-state index contributed by atoms with van der Waals surface area (Å²) >= 11 is 0. The first-order valence-corrected chi connectivity index (χ1v) is 9.50. The Bertz CT molecular complexity index is 1310. The largest absolute Gasteiger partial charge is 0.496 e. The Morgan fingerprint density at radius 1 is 1.13 bits per heavy atom. The molecule has 4 rings (SSSR count). The predicted molar refractivity (Wildman–Crippen MR) is 115 cm³/mol. The van der Waals surface area contributed by atoms with E-state index in [1.165, 1.54) is 10.7 Å². The first kappa shape index (κ1) is 19.4. The van der Waals surface area contributed by atoms with E-state index in [4.69, 9.17) is 4.74 Å². The van der Waals surface area contributed by atoms with Crippen LogP contribution in [0.2, 0.25) is 0 Å². The highest BCUT2D eigenvalue weighted by Gasteiger charge is 2.16. The lowest BCUT2D eigenvalue weighted by atomic mass is 10.2. The molecule has 2 N–H and O–H groups in total. The summed E-state index contributed by atoms with van der Waals surface area (Å²) in [5.41, 5.74) is 0.814. The SMILES string of the molecule is COc1ccccc1CNc1nc([C@H](C)n2ncc3ccccc3c2=O)cc(=O)[nH]1. The number of aromatic amines is 1. The molecule has 0 saturated heterocycles. The van der Waals surface area contributed by atoms with Crippen LogP contribution < -0.4 is 21.2 Å². The number of aromatic nitrogens is 4. The summed E-state index contributed by atoms with van der Waals surface area (Å²) in [5, 5.41) is 8.72. The Labute approximate surface area is 172 Å². The van der Waals surface area contributed by atoms with Crippen LogP contribution in [0, 0.1) is 0 Å². The zero-order valence-corrected chi connectivity index (χ0v) is 16.6. The summed E-state index contributed by atoms with van der Waals surface area (Å²) in [6.07, 6.45) is 1.64. The molecule has 0 radical (unpaired) electrons. The summed E-state index contributed by atoms with van der Waals surface area (Å²) in [4.78, 5) is 32.2. The zero-order chi connectivity index (χ0) is 21.1. The van der Waals surface area contributed by atoms with Crippen molar-refractivity contribution in [1.29, 1.82) is 0 Å². The lowest BCUT2D eigenvalue weighted by molar-refractivity contribution is 0.410. The van der Waals surface area contributed by atoms with Gasteiger partial charge in [-0.3, -0.25) is 14.6 Å². The minimum atomic E-state index is -0.517. The number of ether oxygens (including phenoxy) is 1. The van der Waals surface area contributed by atoms with E-state index in [0.717, 1.165) is 16.7 Å². The van der Waals surface area contributed by atoms with Crippen molar-refractivity contribution in [2.45, 2.75) is 19.5 Å². The number of methoxy groups -OCH3 is 1. The number of anilines is 1. The van der Waals surface area contributed by atoms with E-state index >= 15 is 0 Å². The van der Waals surface area contributed by atoms with Crippen molar-refractivity contribution < 1.29 is 4.74 Å². The van der Waals surface area contributed by atoms with Gasteiger partial charge in [-0.1, -0.05) is 36.4 Å². The monoisotopic (exact) mass is 403 g/mol. The van der Waals surface area contributed by atoms with Gasteiger partial charge in [0.15, 0.2) is 0 Å². The molecular weight excluding hydrogens is 382 g/mol. The van der Waals surface area contributed by atoms with Gasteiger partial charge in [0.1, 0.15) is 5.75 Å². The third kappa shape index (κ3) is 3.80. The molecule has 0 aliphatic heterocycles. The molecule has 2 aromatic carbocycles. The normalized spacial score (nSPS) is 11.9. The summed E-state index contributed by atoms with van der Waals surface area (Å²) in [6.45, 7) is 2.20. The second-order valence-corrected chi connectivity index (χ2v) is 6.84. The molecule has 0 fully saturated rings. The van der Waals surface area contributed by atoms with Crippen molar-refractivity contribution >= 4 is 16.7 Å². The van der Waals surface area contributed by atoms with Gasteiger partial charge >= 0.3 is 0 Å². The van der Waals surface area contributed by atoms with Crippen LogP contribution in [-0.4, -0.2) is 26.9 Å². The third-order valence-electron chi connectivity index (χ3n) is 4.92. The standard InChI is InChI=1S/C22H21N5O3/c1-14(27-21(29)17-9-5-3-7-15(17)13-24-27)18-11-20(28)26-22(25-18)23-12-16-8-4-6-10-19(16)30-2/h3-11,13-14H,12H2,1-2H3,(H2,23,25,26,28)/t14-/m0/s1. The zero-order valence-electron chi connectivity index (χ0n) is 16.6. The number of rotatable bonds is 6. The number of para-hydroxylation sites is 1. The van der Waals surface area contributed by atoms with E-state index in [9.17, 15) is 9.59 Å². The maximum absolute atomic E-state index is 12.9. The molecule has 152 valence electrons. The van der Waals surface area contributed by atoms with Crippen LogP contribution in [-0.2, 0) is 6.54 Å². The highest BCUT2D eigenvalue weighted by molar-refractivity contribution is 5.80. The fraction of sp³-hybridized carbons (Fsp3) is 0.182. The van der Waals surface area contributed by atoms with Crippen molar-refractivity contribution in [3.8, 4) is 5.75 Å². The van der Waals surface area contributed by atoms with Crippen molar-refractivity contribution in [2.24, 2.45) is 0 Å². The van der Waals surface area contributed by atoms with Gasteiger partial charge in [0.05, 0.1) is 30.4 Å². The van der Waals surface area contributed by atoms with Crippen LogP contribution in [0.3, 0.4) is 0 Å². The van der Waals surface area contributed by atoms with Crippen LogP contribution >= 0.6 is 0 Å². The van der Waals surface area contributed by atoms with Gasteiger partial charge in [0.25, 0.3) is 11.1 Å². The van der Waals surface area contributed by atoms with Crippen LogP contribution in [0.25, 0.3) is 10.8 Å². The highest BCUT2D eigenvalue weighted by Crippen LogP contribution is 2.19. The molecule has 0 aliphatic rings. The Hall–Kier alpha value is -3.94. The lowest BCUT2D eigenvalue weighted by Crippen LogP contribution is -2.28. The molecule has 0 unspecified atom stereocenters. The van der Waals surface area contributed by atoms with Gasteiger partial charge in [-0.05, 0) is 19.1 Å². The van der Waals surface area contributed by atoms with E-state index in [1.807, 2.05) is 42.5 Å². The molecule has 30 heavy (non-hydrogen) atoms. The second kappa shape index (κ2) is 8.20. The Kier molecular flexibility index (Phi) is 5.30. The average molecular weight is 403 g/mol. The lowest BCUT2D eigenvalue weighted by Gasteiger charge is -2.15. The van der Waals surface area contributed by atoms with Crippen LogP contribution in [0.5, 0.6) is 5.75 Å². The first-order valence-electron chi connectivity index (χ1n) is 9.50. The Morgan fingerprint density at radius 3 is 2.73 bits per heavy atom. The minimum Gasteiger partial charge on any atom is -0.496 e. The third-order valence-corrected chi connectivity index (χ3v) is 4.92. The van der Waals surface area contributed by atoms with Crippen molar-refractivity contribution in [3.05, 3.63) is 92.8 Å². The molecule has 2 heterocycles. The average Bonchev–Trinajstić information content (AvgIpc) is 2.77. The van der Waals surface area contributed by atoms with E-state index < -0.39 is 6.04 Å².